The molecule has 0 aliphatic carbocycles. The molecule has 0 amide bonds. The van der Waals surface area contributed by atoms with Gasteiger partial charge in [-0.1, -0.05) is 6.07 Å². The summed E-state index contributed by atoms with van der Waals surface area (Å²) in [4.78, 5) is 10.2. The molecule has 6 nitrogen and oxygen atoms in total. The third-order valence-corrected chi connectivity index (χ3v) is 2.45. The fourth-order valence-corrected chi connectivity index (χ4v) is 1.57. The van der Waals surface area contributed by atoms with Crippen molar-refractivity contribution < 1.29 is 13.7 Å². The first-order chi connectivity index (χ1) is 8.97. The van der Waals surface area contributed by atoms with E-state index in [4.69, 9.17) is 0 Å². The van der Waals surface area contributed by atoms with Gasteiger partial charge in [0.1, 0.15) is 6.20 Å². The minimum Gasteiger partial charge on any atom is -0.359 e. The summed E-state index contributed by atoms with van der Waals surface area (Å²) in [7, 11) is 1.55. The van der Waals surface area contributed by atoms with Gasteiger partial charge in [-0.25, -0.2) is 8.78 Å². The molecule has 100 valence electrons. The number of hydrogen-bond acceptors (Lipinski definition) is 4. The van der Waals surface area contributed by atoms with Crippen molar-refractivity contribution in [3.05, 3.63) is 51.7 Å². The monoisotopic (exact) mass is 268 g/mol. The van der Waals surface area contributed by atoms with Crippen molar-refractivity contribution in [2.75, 3.05) is 5.32 Å². The summed E-state index contributed by atoms with van der Waals surface area (Å²) in [6, 6.07) is 3.41. The number of nitrogens with one attached hydrogen (secondary N) is 1. The normalized spacial score (nSPS) is 10.5. The standard InChI is InChI=1S/C11H10F2N4O2/c1-16-6-10(17(18)19)11(15-16)14-5-7-2-3-8(12)9(13)4-7/h2-4,6H,5H2,1H3,(H,14,15). The van der Waals surface area contributed by atoms with Crippen LogP contribution in [0.4, 0.5) is 20.3 Å². The quantitative estimate of drug-likeness (QED) is 0.681. The molecule has 0 spiro atoms. The van der Waals surface area contributed by atoms with Crippen molar-refractivity contribution in [2.24, 2.45) is 7.05 Å². The molecular weight excluding hydrogens is 258 g/mol. The molecule has 0 saturated carbocycles. The lowest BCUT2D eigenvalue weighted by molar-refractivity contribution is -0.384. The summed E-state index contributed by atoms with van der Waals surface area (Å²) in [6.45, 7) is 0.106. The molecule has 8 heteroatoms. The van der Waals surface area contributed by atoms with E-state index in [1.165, 1.54) is 16.9 Å². The Hall–Kier alpha value is -2.51. The largest absolute Gasteiger partial charge is 0.359 e. The van der Waals surface area contributed by atoms with Crippen LogP contribution in [-0.4, -0.2) is 14.7 Å². The molecule has 0 fully saturated rings. The van der Waals surface area contributed by atoms with Crippen molar-refractivity contribution in [2.45, 2.75) is 6.54 Å². The van der Waals surface area contributed by atoms with Crippen LogP contribution in [0.1, 0.15) is 5.56 Å². The molecule has 0 atom stereocenters. The maximum Gasteiger partial charge on any atom is 0.330 e. The third-order valence-electron chi connectivity index (χ3n) is 2.45. The first kappa shape index (κ1) is 12.9. The van der Waals surface area contributed by atoms with E-state index in [0.717, 1.165) is 12.1 Å². The van der Waals surface area contributed by atoms with Gasteiger partial charge < -0.3 is 5.32 Å². The average molecular weight is 268 g/mol. The SMILES string of the molecule is Cn1cc([N+](=O)[O-])c(NCc2ccc(F)c(F)c2)n1. The molecule has 2 rings (SSSR count). The van der Waals surface area contributed by atoms with Gasteiger partial charge in [0.2, 0.25) is 5.82 Å². The smallest absolute Gasteiger partial charge is 0.330 e. The van der Waals surface area contributed by atoms with Gasteiger partial charge in [-0.05, 0) is 17.7 Å². The van der Waals surface area contributed by atoms with E-state index in [9.17, 15) is 18.9 Å². The molecule has 0 bridgehead atoms. The number of hydrogen-bond donors (Lipinski definition) is 1. The van der Waals surface area contributed by atoms with Crippen LogP contribution in [0, 0.1) is 21.7 Å². The molecule has 1 heterocycles. The zero-order chi connectivity index (χ0) is 14.0. The Morgan fingerprint density at radius 2 is 2.16 bits per heavy atom. The van der Waals surface area contributed by atoms with Crippen molar-refractivity contribution in [1.29, 1.82) is 0 Å². The van der Waals surface area contributed by atoms with Crippen molar-refractivity contribution in [3.8, 4) is 0 Å². The number of aryl methyl sites for hydroxylation is 1. The van der Waals surface area contributed by atoms with Crippen LogP contribution in [0.3, 0.4) is 0 Å². The van der Waals surface area contributed by atoms with E-state index in [1.807, 2.05) is 0 Å². The summed E-state index contributed by atoms with van der Waals surface area (Å²) < 4.78 is 27.0. The summed E-state index contributed by atoms with van der Waals surface area (Å²) in [5.41, 5.74) is 0.281. The van der Waals surface area contributed by atoms with Gasteiger partial charge in [0.25, 0.3) is 0 Å². The molecule has 0 saturated heterocycles. The summed E-state index contributed by atoms with van der Waals surface area (Å²) >= 11 is 0. The predicted octanol–water partition coefficient (Wildman–Crippen LogP) is 2.22. The second-order valence-electron chi connectivity index (χ2n) is 3.90. The second-order valence-corrected chi connectivity index (χ2v) is 3.90. The van der Waals surface area contributed by atoms with Crippen LogP contribution in [0.15, 0.2) is 24.4 Å². The number of aromatic nitrogens is 2. The van der Waals surface area contributed by atoms with E-state index in [2.05, 4.69) is 10.4 Å². The highest BCUT2D eigenvalue weighted by atomic mass is 19.2. The van der Waals surface area contributed by atoms with Crippen LogP contribution >= 0.6 is 0 Å². The van der Waals surface area contributed by atoms with Crippen LogP contribution in [0.2, 0.25) is 0 Å². The Morgan fingerprint density at radius 1 is 1.42 bits per heavy atom. The molecule has 0 radical (unpaired) electrons. The highest BCUT2D eigenvalue weighted by molar-refractivity contribution is 5.54. The van der Waals surface area contributed by atoms with Gasteiger partial charge in [0.05, 0.1) is 4.92 Å². The van der Waals surface area contributed by atoms with E-state index < -0.39 is 16.6 Å². The Morgan fingerprint density at radius 3 is 2.79 bits per heavy atom. The number of nitro groups is 1. The average Bonchev–Trinajstić information content (AvgIpc) is 2.72. The molecular formula is C11H10F2N4O2. The Bertz CT molecular complexity index is 627. The molecule has 0 aliphatic heterocycles. The Kier molecular flexibility index (Phi) is 3.41. The van der Waals surface area contributed by atoms with Crippen molar-refractivity contribution in [3.63, 3.8) is 0 Å². The van der Waals surface area contributed by atoms with Gasteiger partial charge in [-0.3, -0.25) is 14.8 Å². The summed E-state index contributed by atoms with van der Waals surface area (Å²) in [5.74, 6) is -1.82. The number of halogens is 2. The van der Waals surface area contributed by atoms with Gasteiger partial charge in [-0.2, -0.15) is 0 Å². The predicted molar refractivity (Wildman–Crippen MR) is 63.5 cm³/mol. The number of anilines is 1. The molecule has 19 heavy (non-hydrogen) atoms. The lowest BCUT2D eigenvalue weighted by atomic mass is 10.2. The van der Waals surface area contributed by atoms with Crippen LogP contribution in [-0.2, 0) is 13.6 Å². The highest BCUT2D eigenvalue weighted by Crippen LogP contribution is 2.22. The fourth-order valence-electron chi connectivity index (χ4n) is 1.57. The van der Waals surface area contributed by atoms with Crippen molar-refractivity contribution in [1.82, 2.24) is 9.78 Å². The molecule has 0 aliphatic rings. The maximum atomic E-state index is 13.0. The summed E-state index contributed by atoms with van der Waals surface area (Å²) in [5, 5.41) is 17.3. The van der Waals surface area contributed by atoms with E-state index in [-0.39, 0.29) is 18.1 Å². The molecule has 2 aromatic rings. The van der Waals surface area contributed by atoms with Crippen LogP contribution < -0.4 is 5.32 Å². The van der Waals surface area contributed by atoms with Crippen LogP contribution in [0.25, 0.3) is 0 Å². The molecule has 1 aromatic carbocycles. The minimum absolute atomic E-state index is 0.0808. The minimum atomic E-state index is -0.963. The zero-order valence-corrected chi connectivity index (χ0v) is 9.93. The molecule has 0 unspecified atom stereocenters. The lowest BCUT2D eigenvalue weighted by Gasteiger charge is -2.03. The highest BCUT2D eigenvalue weighted by Gasteiger charge is 2.17. The van der Waals surface area contributed by atoms with Gasteiger partial charge in [0.15, 0.2) is 11.6 Å². The van der Waals surface area contributed by atoms with E-state index in [0.29, 0.717) is 5.56 Å². The molecule has 1 aromatic heterocycles. The third kappa shape index (κ3) is 2.84. The topological polar surface area (TPSA) is 73.0 Å². The van der Waals surface area contributed by atoms with Crippen molar-refractivity contribution >= 4 is 11.5 Å². The van der Waals surface area contributed by atoms with E-state index in [1.54, 1.807) is 7.05 Å². The Balaban J connectivity index is 2.14. The van der Waals surface area contributed by atoms with Gasteiger partial charge >= 0.3 is 5.69 Å². The second kappa shape index (κ2) is 5.01. The maximum absolute atomic E-state index is 13.0. The summed E-state index contributed by atoms with van der Waals surface area (Å²) in [6.07, 6.45) is 1.26. The first-order valence-electron chi connectivity index (χ1n) is 5.33. The van der Waals surface area contributed by atoms with E-state index >= 15 is 0 Å². The first-order valence-corrected chi connectivity index (χ1v) is 5.33. The number of benzene rings is 1. The lowest BCUT2D eigenvalue weighted by Crippen LogP contribution is -2.03. The Labute approximate surface area is 106 Å². The number of nitrogens with zero attached hydrogens (tertiary/aromatic N) is 3. The zero-order valence-electron chi connectivity index (χ0n) is 9.93. The molecule has 1 N–H and O–H groups in total. The number of rotatable bonds is 4. The van der Waals surface area contributed by atoms with Crippen LogP contribution in [0.5, 0.6) is 0 Å². The van der Waals surface area contributed by atoms with Gasteiger partial charge in [-0.15, -0.1) is 5.10 Å². The fraction of sp³-hybridized carbons (Fsp3) is 0.182. The van der Waals surface area contributed by atoms with Gasteiger partial charge in [0, 0.05) is 13.6 Å².